The summed E-state index contributed by atoms with van der Waals surface area (Å²) in [6.07, 6.45) is -0.670. The van der Waals surface area contributed by atoms with E-state index < -0.39 is 12.6 Å². The van der Waals surface area contributed by atoms with Crippen LogP contribution in [0.4, 0.5) is 19.1 Å². The fourth-order valence-corrected chi connectivity index (χ4v) is 2.78. The monoisotopic (exact) mass is 387 g/mol. The van der Waals surface area contributed by atoms with Crippen LogP contribution in [0.5, 0.6) is 0 Å². The molecule has 152 valence electrons. The van der Waals surface area contributed by atoms with Crippen molar-refractivity contribution in [2.24, 2.45) is 4.99 Å². The summed E-state index contributed by atoms with van der Waals surface area (Å²) >= 11 is 0. The van der Waals surface area contributed by atoms with Gasteiger partial charge in [0.1, 0.15) is 0 Å². The summed E-state index contributed by atoms with van der Waals surface area (Å²) in [6, 6.07) is 1.81. The number of rotatable bonds is 8. The van der Waals surface area contributed by atoms with Gasteiger partial charge in [-0.05, 0) is 19.4 Å². The minimum absolute atomic E-state index is 0.168. The quantitative estimate of drug-likeness (QED) is 0.400. The maximum atomic E-state index is 12.2. The number of halogens is 3. The molecule has 1 aliphatic heterocycles. The molecule has 7 nitrogen and oxygen atoms in total. The predicted octanol–water partition coefficient (Wildman–Crippen LogP) is 1.50. The van der Waals surface area contributed by atoms with Crippen molar-refractivity contribution in [2.45, 2.75) is 25.9 Å². The van der Waals surface area contributed by atoms with Gasteiger partial charge in [0, 0.05) is 64.8 Å². The first-order valence-corrected chi connectivity index (χ1v) is 9.31. The zero-order valence-electron chi connectivity index (χ0n) is 15.7. The van der Waals surface area contributed by atoms with Gasteiger partial charge in [-0.3, -0.25) is 9.89 Å². The van der Waals surface area contributed by atoms with E-state index in [4.69, 9.17) is 0 Å². The van der Waals surface area contributed by atoms with Gasteiger partial charge >= 0.3 is 6.18 Å². The Hall–Kier alpha value is -2.10. The van der Waals surface area contributed by atoms with Gasteiger partial charge in [-0.2, -0.15) is 13.2 Å². The number of aromatic nitrogens is 2. The molecule has 1 fully saturated rings. The highest BCUT2D eigenvalue weighted by molar-refractivity contribution is 5.79. The van der Waals surface area contributed by atoms with Crippen molar-refractivity contribution in [3.63, 3.8) is 0 Å². The van der Waals surface area contributed by atoms with Crippen LogP contribution in [0.25, 0.3) is 0 Å². The number of nitrogens with zero attached hydrogens (tertiary/aromatic N) is 5. The highest BCUT2D eigenvalue weighted by Crippen LogP contribution is 2.18. The molecule has 0 radical (unpaired) electrons. The molecule has 0 saturated carbocycles. The lowest BCUT2D eigenvalue weighted by Crippen LogP contribution is -2.47. The molecule has 2 rings (SSSR count). The SMILES string of the molecule is CCNC(=NCCCN1CCN(c2ncccn2)CC1)NCCC(F)(F)F. The van der Waals surface area contributed by atoms with Crippen LogP contribution in [-0.4, -0.2) is 79.4 Å². The van der Waals surface area contributed by atoms with E-state index in [-0.39, 0.29) is 6.54 Å². The molecule has 0 amide bonds. The Morgan fingerprint density at radius 1 is 1.15 bits per heavy atom. The van der Waals surface area contributed by atoms with Crippen molar-refractivity contribution in [3.8, 4) is 0 Å². The number of hydrogen-bond donors (Lipinski definition) is 2. The van der Waals surface area contributed by atoms with E-state index in [1.165, 1.54) is 0 Å². The number of anilines is 1. The largest absolute Gasteiger partial charge is 0.390 e. The molecule has 1 aromatic rings. The van der Waals surface area contributed by atoms with Crippen LogP contribution >= 0.6 is 0 Å². The number of alkyl halides is 3. The summed E-state index contributed by atoms with van der Waals surface area (Å²) in [6.45, 7) is 7.46. The predicted molar refractivity (Wildman–Crippen MR) is 100.0 cm³/mol. The third-order valence-electron chi connectivity index (χ3n) is 4.15. The first-order valence-electron chi connectivity index (χ1n) is 9.31. The first kappa shape index (κ1) is 21.2. The Morgan fingerprint density at radius 2 is 1.85 bits per heavy atom. The van der Waals surface area contributed by atoms with Crippen molar-refractivity contribution in [2.75, 3.05) is 57.3 Å². The molecule has 1 saturated heterocycles. The lowest BCUT2D eigenvalue weighted by Gasteiger charge is -2.34. The topological polar surface area (TPSA) is 68.7 Å². The molecule has 2 heterocycles. The third-order valence-corrected chi connectivity index (χ3v) is 4.15. The van der Waals surface area contributed by atoms with Crippen molar-refractivity contribution < 1.29 is 13.2 Å². The Labute approximate surface area is 158 Å². The van der Waals surface area contributed by atoms with Crippen molar-refractivity contribution in [1.82, 2.24) is 25.5 Å². The highest BCUT2D eigenvalue weighted by atomic mass is 19.4. The van der Waals surface area contributed by atoms with Crippen LogP contribution in [0.1, 0.15) is 19.8 Å². The molecule has 0 spiro atoms. The summed E-state index contributed by atoms with van der Waals surface area (Å²) in [5, 5.41) is 5.69. The second-order valence-electron chi connectivity index (χ2n) is 6.28. The summed E-state index contributed by atoms with van der Waals surface area (Å²) in [7, 11) is 0. The van der Waals surface area contributed by atoms with E-state index in [1.807, 2.05) is 6.92 Å². The van der Waals surface area contributed by atoms with Gasteiger partial charge in [0.05, 0.1) is 6.42 Å². The fraction of sp³-hybridized carbons (Fsp3) is 0.706. The van der Waals surface area contributed by atoms with Crippen LogP contribution < -0.4 is 15.5 Å². The summed E-state index contributed by atoms with van der Waals surface area (Å²) in [5.41, 5.74) is 0. The molecule has 0 aromatic carbocycles. The minimum atomic E-state index is -4.16. The van der Waals surface area contributed by atoms with Crippen LogP contribution in [0.15, 0.2) is 23.5 Å². The summed E-state index contributed by atoms with van der Waals surface area (Å²) in [5.74, 6) is 1.20. The van der Waals surface area contributed by atoms with Gasteiger partial charge in [0.2, 0.25) is 5.95 Å². The standard InChI is InChI=1S/C17H28F3N7/c1-2-21-15(23-9-5-17(18,19)20)22-8-4-10-26-11-13-27(14-12-26)16-24-6-3-7-25-16/h3,6-7H,2,4-5,8-14H2,1H3,(H2,21,22,23). The zero-order valence-corrected chi connectivity index (χ0v) is 15.7. The summed E-state index contributed by atoms with van der Waals surface area (Å²) < 4.78 is 36.7. The lowest BCUT2D eigenvalue weighted by atomic mass is 10.3. The Kier molecular flexibility index (Phi) is 8.56. The Morgan fingerprint density at radius 3 is 2.48 bits per heavy atom. The van der Waals surface area contributed by atoms with Gasteiger partial charge in [-0.25, -0.2) is 9.97 Å². The molecule has 10 heteroatoms. The molecular formula is C17H28F3N7. The average molecular weight is 387 g/mol. The lowest BCUT2D eigenvalue weighted by molar-refractivity contribution is -0.132. The molecule has 0 bridgehead atoms. The smallest absolute Gasteiger partial charge is 0.357 e. The van der Waals surface area contributed by atoms with Gasteiger partial charge < -0.3 is 15.5 Å². The average Bonchev–Trinajstić information content (AvgIpc) is 2.65. The second kappa shape index (κ2) is 10.9. The van der Waals surface area contributed by atoms with Gasteiger partial charge in [0.25, 0.3) is 0 Å². The summed E-state index contributed by atoms with van der Waals surface area (Å²) in [4.78, 5) is 17.4. The highest BCUT2D eigenvalue weighted by Gasteiger charge is 2.26. The molecule has 0 aliphatic carbocycles. The van der Waals surface area contributed by atoms with E-state index in [1.54, 1.807) is 18.5 Å². The minimum Gasteiger partial charge on any atom is -0.357 e. The molecule has 0 atom stereocenters. The maximum absolute atomic E-state index is 12.2. The van der Waals surface area contributed by atoms with Crippen LogP contribution in [0.3, 0.4) is 0 Å². The van der Waals surface area contributed by atoms with Gasteiger partial charge in [-0.1, -0.05) is 0 Å². The molecule has 27 heavy (non-hydrogen) atoms. The number of piperazine rings is 1. The molecule has 0 unspecified atom stereocenters. The van der Waals surface area contributed by atoms with Gasteiger partial charge in [-0.15, -0.1) is 0 Å². The maximum Gasteiger partial charge on any atom is 0.390 e. The van der Waals surface area contributed by atoms with E-state index in [0.717, 1.165) is 45.1 Å². The van der Waals surface area contributed by atoms with Crippen LogP contribution in [0, 0.1) is 0 Å². The molecule has 2 N–H and O–H groups in total. The van der Waals surface area contributed by atoms with Crippen molar-refractivity contribution in [3.05, 3.63) is 18.5 Å². The molecule has 1 aliphatic rings. The first-order chi connectivity index (χ1) is 13.0. The number of hydrogen-bond acceptors (Lipinski definition) is 5. The number of aliphatic imine (C=N–C) groups is 1. The van der Waals surface area contributed by atoms with Crippen LogP contribution in [-0.2, 0) is 0 Å². The number of guanidine groups is 1. The van der Waals surface area contributed by atoms with E-state index >= 15 is 0 Å². The third kappa shape index (κ3) is 8.42. The van der Waals surface area contributed by atoms with E-state index in [2.05, 4.69) is 35.4 Å². The van der Waals surface area contributed by atoms with E-state index in [9.17, 15) is 13.2 Å². The Bertz CT molecular complexity index is 557. The van der Waals surface area contributed by atoms with E-state index in [0.29, 0.717) is 19.0 Å². The van der Waals surface area contributed by atoms with Crippen molar-refractivity contribution in [1.29, 1.82) is 0 Å². The molecule has 1 aromatic heterocycles. The normalized spacial score (nSPS) is 16.4. The zero-order chi connectivity index (χ0) is 19.5. The second-order valence-corrected chi connectivity index (χ2v) is 6.28. The van der Waals surface area contributed by atoms with Crippen molar-refractivity contribution >= 4 is 11.9 Å². The molecular weight excluding hydrogens is 359 g/mol. The fourth-order valence-electron chi connectivity index (χ4n) is 2.78. The van der Waals surface area contributed by atoms with Crippen LogP contribution in [0.2, 0.25) is 0 Å². The van der Waals surface area contributed by atoms with Gasteiger partial charge in [0.15, 0.2) is 5.96 Å². The Balaban J connectivity index is 1.65. The number of nitrogens with one attached hydrogen (secondary N) is 2.